The van der Waals surface area contributed by atoms with E-state index in [0.717, 1.165) is 29.0 Å². The molecule has 0 atom stereocenters. The first-order valence-corrected chi connectivity index (χ1v) is 10.6. The number of ether oxygens (including phenoxy) is 4. The zero-order valence-electron chi connectivity index (χ0n) is 18.8. The monoisotopic (exact) mass is 425 g/mol. The van der Waals surface area contributed by atoms with Crippen LogP contribution < -0.4 is 18.9 Å². The summed E-state index contributed by atoms with van der Waals surface area (Å²) in [5.74, 6) is 2.62. The molecule has 0 saturated heterocycles. The lowest BCUT2D eigenvalue weighted by atomic mass is 9.97. The van der Waals surface area contributed by atoms with Crippen LogP contribution in [0, 0.1) is 0 Å². The molecule has 166 valence electrons. The number of nitrogens with zero attached hydrogens (tertiary/aromatic N) is 1. The van der Waals surface area contributed by atoms with Crippen molar-refractivity contribution in [1.82, 2.24) is 4.90 Å². The van der Waals surface area contributed by atoms with Gasteiger partial charge in [0.15, 0.2) is 23.0 Å². The molecule has 3 rings (SSSR count). The van der Waals surface area contributed by atoms with Gasteiger partial charge in [-0.1, -0.05) is 6.08 Å². The minimum absolute atomic E-state index is 0.0382. The van der Waals surface area contributed by atoms with E-state index in [1.165, 1.54) is 5.56 Å². The normalized spacial score (nSPS) is 12.7. The van der Waals surface area contributed by atoms with E-state index >= 15 is 0 Å². The molecule has 1 aliphatic heterocycles. The van der Waals surface area contributed by atoms with E-state index in [2.05, 4.69) is 6.58 Å². The van der Waals surface area contributed by atoms with Crippen LogP contribution in [-0.2, 0) is 19.4 Å². The molecule has 0 aliphatic carbocycles. The number of carbonyl (C=O) groups is 1. The van der Waals surface area contributed by atoms with Crippen LogP contribution in [0.5, 0.6) is 23.0 Å². The Morgan fingerprint density at radius 3 is 2.26 bits per heavy atom. The van der Waals surface area contributed by atoms with Crippen molar-refractivity contribution in [2.75, 3.05) is 34.0 Å². The first-order valence-electron chi connectivity index (χ1n) is 10.6. The predicted molar refractivity (Wildman–Crippen MR) is 121 cm³/mol. The minimum Gasteiger partial charge on any atom is -0.493 e. The third-order valence-electron chi connectivity index (χ3n) is 5.33. The third kappa shape index (κ3) is 4.79. The van der Waals surface area contributed by atoms with Gasteiger partial charge in [0.2, 0.25) is 0 Å². The number of hydrogen-bond donors (Lipinski definition) is 0. The van der Waals surface area contributed by atoms with Crippen molar-refractivity contribution in [3.05, 3.63) is 59.2 Å². The van der Waals surface area contributed by atoms with Gasteiger partial charge < -0.3 is 23.8 Å². The molecular weight excluding hydrogens is 394 g/mol. The van der Waals surface area contributed by atoms with Crippen LogP contribution in [0.3, 0.4) is 0 Å². The van der Waals surface area contributed by atoms with E-state index in [1.54, 1.807) is 26.4 Å². The Hall–Kier alpha value is -3.15. The van der Waals surface area contributed by atoms with Gasteiger partial charge in [0.05, 0.1) is 27.4 Å². The number of hydrogen-bond acceptors (Lipinski definition) is 5. The number of methoxy groups -OCH3 is 2. The quantitative estimate of drug-likeness (QED) is 0.557. The van der Waals surface area contributed by atoms with Crippen LogP contribution in [0.2, 0.25) is 0 Å². The SMILES string of the molecule is C=CCc1cc(C(=O)N2CCc3cc(OCC)c(OCC)cc3C2)cc(OC)c1OC. The highest BCUT2D eigenvalue weighted by atomic mass is 16.5. The molecule has 1 amide bonds. The number of fused-ring (bicyclic) bond motifs is 1. The van der Waals surface area contributed by atoms with Gasteiger partial charge in [0, 0.05) is 24.2 Å². The second kappa shape index (κ2) is 10.2. The minimum atomic E-state index is -0.0382. The molecule has 31 heavy (non-hydrogen) atoms. The van der Waals surface area contributed by atoms with E-state index < -0.39 is 0 Å². The summed E-state index contributed by atoms with van der Waals surface area (Å²) in [5, 5.41) is 0. The van der Waals surface area contributed by atoms with Gasteiger partial charge in [0.1, 0.15) is 0 Å². The molecule has 0 aromatic heterocycles. The number of carbonyl (C=O) groups excluding carboxylic acids is 1. The number of allylic oxidation sites excluding steroid dienone is 1. The molecule has 2 aromatic carbocycles. The van der Waals surface area contributed by atoms with Crippen LogP contribution >= 0.6 is 0 Å². The van der Waals surface area contributed by atoms with Crippen molar-refractivity contribution in [2.45, 2.75) is 33.2 Å². The van der Waals surface area contributed by atoms with Crippen LogP contribution in [0.4, 0.5) is 0 Å². The van der Waals surface area contributed by atoms with Crippen molar-refractivity contribution >= 4 is 5.91 Å². The van der Waals surface area contributed by atoms with Crippen molar-refractivity contribution in [3.63, 3.8) is 0 Å². The Morgan fingerprint density at radius 2 is 1.68 bits per heavy atom. The molecule has 2 aromatic rings. The van der Waals surface area contributed by atoms with Gasteiger partial charge in [-0.05, 0) is 62.1 Å². The molecule has 0 radical (unpaired) electrons. The molecule has 6 heteroatoms. The number of rotatable bonds is 9. The smallest absolute Gasteiger partial charge is 0.254 e. The molecule has 6 nitrogen and oxygen atoms in total. The Balaban J connectivity index is 1.90. The fourth-order valence-electron chi connectivity index (χ4n) is 3.93. The highest BCUT2D eigenvalue weighted by Crippen LogP contribution is 2.36. The Kier molecular flexibility index (Phi) is 7.45. The number of amides is 1. The predicted octanol–water partition coefficient (Wildman–Crippen LogP) is 4.43. The summed E-state index contributed by atoms with van der Waals surface area (Å²) in [7, 11) is 3.17. The van der Waals surface area contributed by atoms with Crippen molar-refractivity contribution in [2.24, 2.45) is 0 Å². The molecule has 0 fully saturated rings. The summed E-state index contributed by atoms with van der Waals surface area (Å²) in [6, 6.07) is 7.66. The zero-order valence-corrected chi connectivity index (χ0v) is 18.8. The van der Waals surface area contributed by atoms with Crippen LogP contribution in [0.15, 0.2) is 36.9 Å². The van der Waals surface area contributed by atoms with Crippen LogP contribution in [0.1, 0.15) is 40.9 Å². The third-order valence-corrected chi connectivity index (χ3v) is 5.33. The fourth-order valence-corrected chi connectivity index (χ4v) is 3.93. The first kappa shape index (κ1) is 22.5. The lowest BCUT2D eigenvalue weighted by molar-refractivity contribution is 0.0733. The van der Waals surface area contributed by atoms with Gasteiger partial charge in [-0.3, -0.25) is 4.79 Å². The van der Waals surface area contributed by atoms with E-state index in [1.807, 2.05) is 36.9 Å². The van der Waals surface area contributed by atoms with Gasteiger partial charge in [-0.15, -0.1) is 6.58 Å². The Labute approximate surface area is 184 Å². The first-order chi connectivity index (χ1) is 15.1. The molecule has 0 spiro atoms. The zero-order chi connectivity index (χ0) is 22.4. The van der Waals surface area contributed by atoms with E-state index in [0.29, 0.717) is 49.8 Å². The maximum absolute atomic E-state index is 13.4. The summed E-state index contributed by atoms with van der Waals surface area (Å²) in [6.45, 7) is 10.0. The van der Waals surface area contributed by atoms with Crippen molar-refractivity contribution in [3.8, 4) is 23.0 Å². The van der Waals surface area contributed by atoms with Gasteiger partial charge in [-0.2, -0.15) is 0 Å². The Morgan fingerprint density at radius 1 is 1.00 bits per heavy atom. The topological polar surface area (TPSA) is 57.2 Å². The maximum atomic E-state index is 13.4. The molecular formula is C25H31NO5. The summed E-state index contributed by atoms with van der Waals surface area (Å²) < 4.78 is 22.5. The fraction of sp³-hybridized carbons (Fsp3) is 0.400. The highest BCUT2D eigenvalue weighted by molar-refractivity contribution is 5.95. The summed E-state index contributed by atoms with van der Waals surface area (Å²) in [6.07, 6.45) is 3.13. The lowest BCUT2D eigenvalue weighted by Crippen LogP contribution is -2.36. The van der Waals surface area contributed by atoms with Crippen molar-refractivity contribution < 1.29 is 23.7 Å². The average molecular weight is 426 g/mol. The average Bonchev–Trinajstić information content (AvgIpc) is 2.78. The van der Waals surface area contributed by atoms with E-state index in [4.69, 9.17) is 18.9 Å². The summed E-state index contributed by atoms with van der Waals surface area (Å²) >= 11 is 0. The highest BCUT2D eigenvalue weighted by Gasteiger charge is 2.25. The van der Waals surface area contributed by atoms with Crippen LogP contribution in [-0.4, -0.2) is 44.8 Å². The summed E-state index contributed by atoms with van der Waals surface area (Å²) in [5.41, 5.74) is 3.72. The van der Waals surface area contributed by atoms with E-state index in [9.17, 15) is 4.79 Å². The molecule has 0 N–H and O–H groups in total. The number of benzene rings is 2. The standard InChI is InChI=1S/C25H31NO5/c1-6-9-18-12-19(14-23(28-4)24(18)29-5)25(27)26-11-10-17-13-21(30-7-2)22(31-8-3)15-20(17)16-26/h6,12-15H,1,7-11,16H2,2-5H3. The van der Waals surface area contributed by atoms with Gasteiger partial charge >= 0.3 is 0 Å². The second-order valence-electron chi connectivity index (χ2n) is 7.27. The van der Waals surface area contributed by atoms with Gasteiger partial charge in [-0.25, -0.2) is 0 Å². The second-order valence-corrected chi connectivity index (χ2v) is 7.27. The summed E-state index contributed by atoms with van der Waals surface area (Å²) in [4.78, 5) is 15.2. The van der Waals surface area contributed by atoms with Gasteiger partial charge in [0.25, 0.3) is 5.91 Å². The molecule has 1 aliphatic rings. The molecule has 1 heterocycles. The molecule has 0 bridgehead atoms. The van der Waals surface area contributed by atoms with E-state index in [-0.39, 0.29) is 5.91 Å². The van der Waals surface area contributed by atoms with Crippen molar-refractivity contribution in [1.29, 1.82) is 0 Å². The maximum Gasteiger partial charge on any atom is 0.254 e. The molecule has 0 saturated carbocycles. The Bertz CT molecular complexity index is 953. The largest absolute Gasteiger partial charge is 0.493 e. The molecule has 0 unspecified atom stereocenters. The van der Waals surface area contributed by atoms with Crippen LogP contribution in [0.25, 0.3) is 0 Å². The lowest BCUT2D eigenvalue weighted by Gasteiger charge is -2.30.